The molecule has 0 bridgehead atoms. The van der Waals surface area contributed by atoms with Crippen molar-refractivity contribution in [3.8, 4) is 0 Å². The van der Waals surface area contributed by atoms with Crippen molar-refractivity contribution >= 4 is 23.1 Å². The Labute approximate surface area is 106 Å². The second kappa shape index (κ2) is 4.84. The lowest BCUT2D eigenvalue weighted by atomic mass is 9.82. The van der Waals surface area contributed by atoms with Crippen molar-refractivity contribution in [2.45, 2.75) is 25.8 Å². The Morgan fingerprint density at radius 1 is 1.41 bits per heavy atom. The normalized spacial score (nSPS) is 22.6. The molecule has 0 spiro atoms. The minimum Gasteiger partial charge on any atom is -0.389 e. The fourth-order valence-electron chi connectivity index (χ4n) is 2.10. The Kier molecular flexibility index (Phi) is 3.43. The number of amides is 1. The van der Waals surface area contributed by atoms with E-state index in [1.54, 1.807) is 18.2 Å². The third-order valence-corrected chi connectivity index (χ3v) is 3.35. The highest BCUT2D eigenvalue weighted by Crippen LogP contribution is 2.26. The molecule has 3 nitrogen and oxygen atoms in total. The molecule has 0 radical (unpaired) electrons. The van der Waals surface area contributed by atoms with Gasteiger partial charge in [0.1, 0.15) is 4.99 Å². The number of nitrogens with two attached hydrogens (primary N) is 1. The highest BCUT2D eigenvalue weighted by atomic mass is 32.1. The molecular weight excluding hydrogens is 232 g/mol. The second-order valence-electron chi connectivity index (χ2n) is 4.69. The summed E-state index contributed by atoms with van der Waals surface area (Å²) in [6, 6.07) is 7.45. The molecule has 0 aromatic heterocycles. The zero-order valence-electron chi connectivity index (χ0n) is 9.77. The fourth-order valence-corrected chi connectivity index (χ4v) is 2.23. The average molecular weight is 248 g/mol. The third-order valence-electron chi connectivity index (χ3n) is 3.12. The summed E-state index contributed by atoms with van der Waals surface area (Å²) in [6.45, 7) is 2.19. The third kappa shape index (κ3) is 2.82. The summed E-state index contributed by atoms with van der Waals surface area (Å²) in [5.74, 6) is 0.684. The maximum atomic E-state index is 11.9. The van der Waals surface area contributed by atoms with E-state index in [0.29, 0.717) is 16.6 Å². The predicted octanol–water partition coefficient (Wildman–Crippen LogP) is 1.85. The van der Waals surface area contributed by atoms with Gasteiger partial charge in [-0.05, 0) is 30.9 Å². The van der Waals surface area contributed by atoms with Gasteiger partial charge in [0.2, 0.25) is 0 Å². The first-order valence-corrected chi connectivity index (χ1v) is 6.18. The van der Waals surface area contributed by atoms with Crippen molar-refractivity contribution in [2.24, 2.45) is 11.7 Å². The predicted molar refractivity (Wildman–Crippen MR) is 72.0 cm³/mol. The first kappa shape index (κ1) is 12.0. The average Bonchev–Trinajstić information content (AvgIpc) is 2.27. The van der Waals surface area contributed by atoms with E-state index in [9.17, 15) is 4.79 Å². The Morgan fingerprint density at radius 2 is 2.06 bits per heavy atom. The number of hydrogen-bond acceptors (Lipinski definition) is 2. The molecule has 1 aliphatic carbocycles. The quantitative estimate of drug-likeness (QED) is 0.803. The second-order valence-corrected chi connectivity index (χ2v) is 5.13. The number of thiocarbonyl (C=S) groups is 1. The van der Waals surface area contributed by atoms with Gasteiger partial charge >= 0.3 is 0 Å². The van der Waals surface area contributed by atoms with Crippen LogP contribution in [0.3, 0.4) is 0 Å². The molecule has 0 aliphatic heterocycles. The first-order chi connectivity index (χ1) is 8.06. The van der Waals surface area contributed by atoms with Crippen molar-refractivity contribution in [3.63, 3.8) is 0 Å². The van der Waals surface area contributed by atoms with Gasteiger partial charge < -0.3 is 11.1 Å². The summed E-state index contributed by atoms with van der Waals surface area (Å²) in [5.41, 5.74) is 6.89. The number of hydrogen-bond donors (Lipinski definition) is 2. The Hall–Kier alpha value is -1.42. The lowest BCUT2D eigenvalue weighted by Gasteiger charge is -2.33. The molecule has 1 fully saturated rings. The smallest absolute Gasteiger partial charge is 0.251 e. The van der Waals surface area contributed by atoms with Crippen LogP contribution in [-0.2, 0) is 0 Å². The molecule has 0 atom stereocenters. The zero-order valence-corrected chi connectivity index (χ0v) is 10.6. The largest absolute Gasteiger partial charge is 0.389 e. The minimum absolute atomic E-state index is 0.0417. The van der Waals surface area contributed by atoms with Gasteiger partial charge in [-0.1, -0.05) is 31.3 Å². The summed E-state index contributed by atoms with van der Waals surface area (Å²) >= 11 is 4.89. The van der Waals surface area contributed by atoms with E-state index in [-0.39, 0.29) is 5.91 Å². The van der Waals surface area contributed by atoms with E-state index >= 15 is 0 Å². The van der Waals surface area contributed by atoms with E-state index in [1.165, 1.54) is 0 Å². The van der Waals surface area contributed by atoms with Crippen molar-refractivity contribution in [1.82, 2.24) is 5.32 Å². The van der Waals surface area contributed by atoms with Crippen LogP contribution in [-0.4, -0.2) is 16.9 Å². The van der Waals surface area contributed by atoms with Gasteiger partial charge in [-0.25, -0.2) is 0 Å². The van der Waals surface area contributed by atoms with Gasteiger partial charge in [0.05, 0.1) is 0 Å². The number of rotatable bonds is 3. The van der Waals surface area contributed by atoms with Gasteiger partial charge in [0, 0.05) is 17.2 Å². The number of carbonyl (C=O) groups is 1. The van der Waals surface area contributed by atoms with Gasteiger partial charge in [0.15, 0.2) is 0 Å². The molecule has 0 unspecified atom stereocenters. The summed E-state index contributed by atoms with van der Waals surface area (Å²) in [5, 5.41) is 3.01. The highest BCUT2D eigenvalue weighted by molar-refractivity contribution is 7.80. The lowest BCUT2D eigenvalue weighted by Crippen LogP contribution is -2.43. The molecule has 1 aliphatic rings. The highest BCUT2D eigenvalue weighted by Gasteiger charge is 2.26. The van der Waals surface area contributed by atoms with Gasteiger partial charge in [0.25, 0.3) is 5.91 Å². The molecule has 1 saturated carbocycles. The van der Waals surface area contributed by atoms with Crippen LogP contribution in [0.15, 0.2) is 24.3 Å². The Balaban J connectivity index is 2.03. The van der Waals surface area contributed by atoms with E-state index in [4.69, 9.17) is 18.0 Å². The molecule has 1 amide bonds. The maximum absolute atomic E-state index is 11.9. The van der Waals surface area contributed by atoms with Gasteiger partial charge in [-0.15, -0.1) is 0 Å². The van der Waals surface area contributed by atoms with Crippen molar-refractivity contribution < 1.29 is 4.79 Å². The minimum atomic E-state index is -0.0417. The molecule has 0 saturated heterocycles. The standard InChI is InChI=1S/C13H16N2OS/c1-8-5-11(6-8)15-13(16)10-4-2-3-9(7-10)12(14)17/h2-4,7-8,11H,5-6H2,1H3,(H2,14,17)(H,15,16). The summed E-state index contributed by atoms with van der Waals surface area (Å²) < 4.78 is 0. The maximum Gasteiger partial charge on any atom is 0.251 e. The molecule has 4 heteroatoms. The zero-order chi connectivity index (χ0) is 12.4. The van der Waals surface area contributed by atoms with E-state index in [1.807, 2.05) is 6.07 Å². The molecule has 17 heavy (non-hydrogen) atoms. The molecule has 1 aromatic rings. The van der Waals surface area contributed by atoms with Crippen LogP contribution in [0.5, 0.6) is 0 Å². The van der Waals surface area contributed by atoms with Crippen molar-refractivity contribution in [1.29, 1.82) is 0 Å². The first-order valence-electron chi connectivity index (χ1n) is 5.77. The van der Waals surface area contributed by atoms with Crippen LogP contribution >= 0.6 is 12.2 Å². The van der Waals surface area contributed by atoms with Crippen LogP contribution in [0.25, 0.3) is 0 Å². The summed E-state index contributed by atoms with van der Waals surface area (Å²) in [4.78, 5) is 12.3. The topological polar surface area (TPSA) is 55.1 Å². The SMILES string of the molecule is CC1CC(NC(=O)c2cccc(C(N)=S)c2)C1. The van der Waals surface area contributed by atoms with E-state index in [0.717, 1.165) is 24.3 Å². The number of benzene rings is 1. The van der Waals surface area contributed by atoms with E-state index < -0.39 is 0 Å². The molecule has 0 heterocycles. The molecule has 3 N–H and O–H groups in total. The van der Waals surface area contributed by atoms with Crippen LogP contribution in [0.4, 0.5) is 0 Å². The Bertz CT molecular complexity index is 452. The molecule has 2 rings (SSSR count). The van der Waals surface area contributed by atoms with Gasteiger partial charge in [-0.2, -0.15) is 0 Å². The fraction of sp³-hybridized carbons (Fsp3) is 0.385. The summed E-state index contributed by atoms with van der Waals surface area (Å²) in [7, 11) is 0. The lowest BCUT2D eigenvalue weighted by molar-refractivity contribution is 0.0896. The van der Waals surface area contributed by atoms with Gasteiger partial charge in [-0.3, -0.25) is 4.79 Å². The molecule has 90 valence electrons. The number of carbonyl (C=O) groups excluding carboxylic acids is 1. The molecule has 1 aromatic carbocycles. The van der Waals surface area contributed by atoms with Crippen LogP contribution in [0.1, 0.15) is 35.7 Å². The summed E-state index contributed by atoms with van der Waals surface area (Å²) in [6.07, 6.45) is 2.14. The van der Waals surface area contributed by atoms with Crippen molar-refractivity contribution in [2.75, 3.05) is 0 Å². The van der Waals surface area contributed by atoms with Crippen LogP contribution in [0, 0.1) is 5.92 Å². The van der Waals surface area contributed by atoms with Crippen LogP contribution < -0.4 is 11.1 Å². The van der Waals surface area contributed by atoms with Crippen LogP contribution in [0.2, 0.25) is 0 Å². The molecular formula is C13H16N2OS. The van der Waals surface area contributed by atoms with Crippen molar-refractivity contribution in [3.05, 3.63) is 35.4 Å². The Morgan fingerprint density at radius 3 is 2.65 bits per heavy atom. The monoisotopic (exact) mass is 248 g/mol. The van der Waals surface area contributed by atoms with E-state index in [2.05, 4.69) is 12.2 Å². The number of nitrogens with one attached hydrogen (secondary N) is 1.